The van der Waals surface area contributed by atoms with Gasteiger partial charge in [0.05, 0.1) is 15.7 Å². The van der Waals surface area contributed by atoms with Crippen molar-refractivity contribution in [3.05, 3.63) is 68.3 Å². The molecule has 0 aliphatic carbocycles. The van der Waals surface area contributed by atoms with E-state index in [1.54, 1.807) is 36.4 Å². The van der Waals surface area contributed by atoms with E-state index in [0.717, 1.165) is 4.90 Å². The summed E-state index contributed by atoms with van der Waals surface area (Å²) in [6.07, 6.45) is 0. The van der Waals surface area contributed by atoms with Crippen molar-refractivity contribution in [3.63, 3.8) is 0 Å². The zero-order valence-corrected chi connectivity index (χ0v) is 14.8. The van der Waals surface area contributed by atoms with E-state index >= 15 is 0 Å². The quantitative estimate of drug-likeness (QED) is 0.729. The van der Waals surface area contributed by atoms with E-state index in [0.29, 0.717) is 26.4 Å². The van der Waals surface area contributed by atoms with E-state index in [4.69, 9.17) is 46.4 Å². The highest BCUT2D eigenvalue weighted by Crippen LogP contribution is 2.32. The zero-order chi connectivity index (χ0) is 17.4. The summed E-state index contributed by atoms with van der Waals surface area (Å²) in [6, 6.07) is 11.0. The Morgan fingerprint density at radius 1 is 0.792 bits per heavy atom. The van der Waals surface area contributed by atoms with Crippen molar-refractivity contribution in [1.82, 2.24) is 0 Å². The molecule has 0 bridgehead atoms. The molecule has 0 atom stereocenters. The highest BCUT2D eigenvalue weighted by molar-refractivity contribution is 6.53. The van der Waals surface area contributed by atoms with Crippen LogP contribution in [-0.2, 0) is 9.59 Å². The lowest BCUT2D eigenvalue weighted by Gasteiger charge is -2.15. The minimum absolute atomic E-state index is 0.0324. The van der Waals surface area contributed by atoms with Crippen LogP contribution in [0.2, 0.25) is 15.1 Å². The Morgan fingerprint density at radius 2 is 1.46 bits per heavy atom. The summed E-state index contributed by atoms with van der Waals surface area (Å²) < 4.78 is 0. The van der Waals surface area contributed by atoms with E-state index in [1.807, 2.05) is 0 Å². The number of imide groups is 1. The van der Waals surface area contributed by atoms with Crippen molar-refractivity contribution < 1.29 is 9.59 Å². The summed E-state index contributed by atoms with van der Waals surface area (Å²) >= 11 is 23.7. The van der Waals surface area contributed by atoms with Crippen LogP contribution in [0.5, 0.6) is 0 Å². The van der Waals surface area contributed by atoms with Gasteiger partial charge >= 0.3 is 0 Å². The Labute approximate surface area is 157 Å². The second-order valence-electron chi connectivity index (χ2n) is 4.87. The summed E-state index contributed by atoms with van der Waals surface area (Å²) in [5, 5.41) is 3.78. The number of amides is 2. The summed E-state index contributed by atoms with van der Waals surface area (Å²) in [7, 11) is 0. The van der Waals surface area contributed by atoms with Gasteiger partial charge in [0.1, 0.15) is 10.7 Å². The van der Waals surface area contributed by atoms with Gasteiger partial charge in [-0.2, -0.15) is 0 Å². The number of halogens is 4. The molecular weight excluding hydrogens is 394 g/mol. The first-order chi connectivity index (χ1) is 11.4. The summed E-state index contributed by atoms with van der Waals surface area (Å²) in [4.78, 5) is 25.9. The van der Waals surface area contributed by atoms with Gasteiger partial charge in [0.25, 0.3) is 11.8 Å². The van der Waals surface area contributed by atoms with Gasteiger partial charge in [0, 0.05) is 10.7 Å². The first-order valence-corrected chi connectivity index (χ1v) is 8.16. The van der Waals surface area contributed by atoms with Crippen molar-refractivity contribution in [2.45, 2.75) is 0 Å². The number of carbonyl (C=O) groups is 2. The molecule has 122 valence electrons. The predicted octanol–water partition coefficient (Wildman–Crippen LogP) is 5.08. The Balaban J connectivity index is 1.91. The van der Waals surface area contributed by atoms with Crippen LogP contribution in [0.1, 0.15) is 0 Å². The number of anilines is 2. The van der Waals surface area contributed by atoms with Crippen LogP contribution in [0.4, 0.5) is 11.4 Å². The van der Waals surface area contributed by atoms with Gasteiger partial charge in [-0.15, -0.1) is 0 Å². The molecule has 0 unspecified atom stereocenters. The van der Waals surface area contributed by atoms with Crippen LogP contribution in [0.25, 0.3) is 0 Å². The fourth-order valence-electron chi connectivity index (χ4n) is 2.15. The van der Waals surface area contributed by atoms with Crippen molar-refractivity contribution >= 4 is 69.6 Å². The third kappa shape index (κ3) is 3.10. The number of benzene rings is 2. The molecule has 1 aliphatic heterocycles. The van der Waals surface area contributed by atoms with Crippen LogP contribution in [0, 0.1) is 0 Å². The minimum atomic E-state index is -0.619. The van der Waals surface area contributed by atoms with Crippen molar-refractivity contribution in [3.8, 4) is 0 Å². The number of hydrogen-bond acceptors (Lipinski definition) is 3. The second kappa shape index (κ2) is 6.65. The van der Waals surface area contributed by atoms with Gasteiger partial charge in [-0.1, -0.05) is 46.4 Å². The number of hydrogen-bond donors (Lipinski definition) is 1. The predicted molar refractivity (Wildman–Crippen MR) is 96.9 cm³/mol. The Bertz CT molecular complexity index is 878. The number of nitrogens with zero attached hydrogens (tertiary/aromatic N) is 1. The van der Waals surface area contributed by atoms with E-state index in [1.165, 1.54) is 6.07 Å². The van der Waals surface area contributed by atoms with E-state index in [-0.39, 0.29) is 10.7 Å². The molecule has 24 heavy (non-hydrogen) atoms. The van der Waals surface area contributed by atoms with Crippen molar-refractivity contribution in [2.75, 3.05) is 10.2 Å². The first-order valence-electron chi connectivity index (χ1n) is 6.64. The van der Waals surface area contributed by atoms with Crippen LogP contribution in [0.15, 0.2) is 53.2 Å². The second-order valence-corrected chi connectivity index (χ2v) is 6.49. The maximum absolute atomic E-state index is 12.6. The number of carbonyl (C=O) groups excluding carboxylic acids is 2. The number of rotatable bonds is 3. The summed E-state index contributed by atoms with van der Waals surface area (Å²) in [5.74, 6) is -1.19. The fourth-order valence-corrected chi connectivity index (χ4v) is 2.79. The smallest absolute Gasteiger partial charge is 0.283 e. The standard InChI is InChI=1S/C16H8Cl4N2O2/c17-8-1-4-10(5-2-8)22-15(23)13(20)14(16(22)24)21-9-3-6-11(18)12(19)7-9/h1-7,21H. The lowest BCUT2D eigenvalue weighted by molar-refractivity contribution is -0.120. The van der Waals surface area contributed by atoms with E-state index in [2.05, 4.69) is 5.32 Å². The minimum Gasteiger partial charge on any atom is -0.350 e. The molecule has 3 rings (SSSR count). The highest BCUT2D eigenvalue weighted by atomic mass is 35.5. The third-order valence-electron chi connectivity index (χ3n) is 3.30. The van der Waals surface area contributed by atoms with Gasteiger partial charge in [-0.3, -0.25) is 9.59 Å². The van der Waals surface area contributed by atoms with Crippen LogP contribution in [0.3, 0.4) is 0 Å². The zero-order valence-electron chi connectivity index (χ0n) is 11.8. The van der Waals surface area contributed by atoms with Crippen LogP contribution < -0.4 is 10.2 Å². The first kappa shape index (κ1) is 17.1. The van der Waals surface area contributed by atoms with Crippen LogP contribution >= 0.6 is 46.4 Å². The highest BCUT2D eigenvalue weighted by Gasteiger charge is 2.38. The molecule has 0 fully saturated rings. The molecule has 0 spiro atoms. The molecule has 0 radical (unpaired) electrons. The lowest BCUT2D eigenvalue weighted by atomic mass is 10.3. The molecule has 1 heterocycles. The average Bonchev–Trinajstić information content (AvgIpc) is 2.76. The van der Waals surface area contributed by atoms with Gasteiger partial charge in [0.2, 0.25) is 0 Å². The van der Waals surface area contributed by atoms with Gasteiger partial charge < -0.3 is 5.32 Å². The molecular formula is C16H8Cl4N2O2. The molecule has 2 amide bonds. The molecule has 2 aromatic carbocycles. The van der Waals surface area contributed by atoms with Gasteiger partial charge in [0.15, 0.2) is 0 Å². The topological polar surface area (TPSA) is 49.4 Å². The molecule has 0 saturated heterocycles. The fraction of sp³-hybridized carbons (Fsp3) is 0. The average molecular weight is 402 g/mol. The maximum Gasteiger partial charge on any atom is 0.283 e. The van der Waals surface area contributed by atoms with E-state index in [9.17, 15) is 9.59 Å². The van der Waals surface area contributed by atoms with Crippen molar-refractivity contribution in [1.29, 1.82) is 0 Å². The Hall–Kier alpha value is -1.72. The molecule has 1 aliphatic rings. The number of nitrogens with one attached hydrogen (secondary N) is 1. The third-order valence-corrected chi connectivity index (χ3v) is 4.64. The summed E-state index contributed by atoms with van der Waals surface area (Å²) in [5.41, 5.74) is 0.824. The molecule has 0 saturated carbocycles. The Morgan fingerprint density at radius 3 is 2.08 bits per heavy atom. The molecule has 0 aromatic heterocycles. The molecule has 4 nitrogen and oxygen atoms in total. The normalized spacial score (nSPS) is 14.6. The van der Waals surface area contributed by atoms with Crippen molar-refractivity contribution in [2.24, 2.45) is 0 Å². The molecule has 8 heteroatoms. The van der Waals surface area contributed by atoms with Gasteiger partial charge in [-0.05, 0) is 42.5 Å². The van der Waals surface area contributed by atoms with E-state index < -0.39 is 11.8 Å². The molecule has 2 aromatic rings. The summed E-state index contributed by atoms with van der Waals surface area (Å²) in [6.45, 7) is 0. The maximum atomic E-state index is 12.6. The SMILES string of the molecule is O=C1C(Cl)=C(Nc2ccc(Cl)c(Cl)c2)C(=O)N1c1ccc(Cl)cc1. The van der Waals surface area contributed by atoms with Gasteiger partial charge in [-0.25, -0.2) is 4.90 Å². The largest absolute Gasteiger partial charge is 0.350 e. The lowest BCUT2D eigenvalue weighted by Crippen LogP contribution is -2.32. The van der Waals surface area contributed by atoms with Crippen LogP contribution in [-0.4, -0.2) is 11.8 Å². The monoisotopic (exact) mass is 400 g/mol. The Kier molecular flexibility index (Phi) is 4.74. The molecule has 1 N–H and O–H groups in total.